The molecule has 2 rings (SSSR count). The van der Waals surface area contributed by atoms with Gasteiger partial charge in [-0.2, -0.15) is 0 Å². The Bertz CT molecular complexity index is 833. The van der Waals surface area contributed by atoms with Crippen molar-refractivity contribution in [3.05, 3.63) is 69.7 Å². The van der Waals surface area contributed by atoms with Crippen LogP contribution in [0.1, 0.15) is 53.9 Å². The van der Waals surface area contributed by atoms with E-state index < -0.39 is 6.04 Å². The highest BCUT2D eigenvalue weighted by Gasteiger charge is 2.26. The smallest absolute Gasteiger partial charge is 0.253 e. The molecular weight excluding hydrogens is 360 g/mol. The van der Waals surface area contributed by atoms with E-state index in [4.69, 9.17) is 11.6 Å². The zero-order valence-electron chi connectivity index (χ0n) is 16.5. The van der Waals surface area contributed by atoms with E-state index in [0.29, 0.717) is 10.6 Å². The van der Waals surface area contributed by atoms with Crippen molar-refractivity contribution in [3.8, 4) is 0 Å². The molecule has 0 fully saturated rings. The van der Waals surface area contributed by atoms with E-state index in [9.17, 15) is 9.59 Å². The zero-order chi connectivity index (χ0) is 20.1. The fraction of sp³-hybridized carbons (Fsp3) is 0.364. The van der Waals surface area contributed by atoms with Crippen molar-refractivity contribution in [2.45, 2.75) is 46.7 Å². The van der Waals surface area contributed by atoms with Crippen molar-refractivity contribution >= 4 is 23.4 Å². The second-order valence-electron chi connectivity index (χ2n) is 7.27. The number of halogens is 1. The standard InChI is InChI=1S/C22H27ClN2O2/c1-13(2)20(25-21(26)17-8-6-7-9-19(17)23)22(27)24-16(5)18-12-14(3)10-11-15(18)4/h6-13,16,20H,1-5H3,(H,24,27)(H,25,26). The molecule has 0 heterocycles. The first kappa shape index (κ1) is 21.0. The number of nitrogens with one attached hydrogen (secondary N) is 2. The maximum Gasteiger partial charge on any atom is 0.253 e. The molecule has 0 radical (unpaired) electrons. The molecule has 2 unspecified atom stereocenters. The summed E-state index contributed by atoms with van der Waals surface area (Å²) in [6.45, 7) is 9.81. The van der Waals surface area contributed by atoms with E-state index in [-0.39, 0.29) is 23.8 Å². The summed E-state index contributed by atoms with van der Waals surface area (Å²) in [5, 5.41) is 6.21. The second kappa shape index (κ2) is 9.05. The summed E-state index contributed by atoms with van der Waals surface area (Å²) >= 11 is 6.10. The maximum absolute atomic E-state index is 12.9. The van der Waals surface area contributed by atoms with Crippen LogP contribution in [0.4, 0.5) is 0 Å². The number of benzene rings is 2. The van der Waals surface area contributed by atoms with Crippen molar-refractivity contribution in [1.82, 2.24) is 10.6 Å². The number of hydrogen-bond acceptors (Lipinski definition) is 2. The first-order valence-electron chi connectivity index (χ1n) is 9.13. The van der Waals surface area contributed by atoms with Gasteiger partial charge in [-0.3, -0.25) is 9.59 Å². The Morgan fingerprint density at radius 1 is 0.963 bits per heavy atom. The molecule has 0 spiro atoms. The molecule has 4 nitrogen and oxygen atoms in total. The summed E-state index contributed by atoms with van der Waals surface area (Å²) in [7, 11) is 0. The summed E-state index contributed by atoms with van der Waals surface area (Å²) in [4.78, 5) is 25.4. The average molecular weight is 387 g/mol. The highest BCUT2D eigenvalue weighted by Crippen LogP contribution is 2.20. The van der Waals surface area contributed by atoms with Gasteiger partial charge in [0.25, 0.3) is 5.91 Å². The van der Waals surface area contributed by atoms with Crippen LogP contribution < -0.4 is 10.6 Å². The summed E-state index contributed by atoms with van der Waals surface area (Å²) in [5.74, 6) is -0.630. The molecule has 0 saturated heterocycles. The number of carbonyl (C=O) groups excluding carboxylic acids is 2. The van der Waals surface area contributed by atoms with Crippen LogP contribution in [0.25, 0.3) is 0 Å². The first-order chi connectivity index (χ1) is 12.7. The molecule has 144 valence electrons. The minimum atomic E-state index is -0.652. The van der Waals surface area contributed by atoms with E-state index in [1.165, 1.54) is 0 Å². The molecule has 27 heavy (non-hydrogen) atoms. The van der Waals surface area contributed by atoms with Crippen LogP contribution in [0, 0.1) is 19.8 Å². The highest BCUT2D eigenvalue weighted by molar-refractivity contribution is 6.33. The van der Waals surface area contributed by atoms with E-state index >= 15 is 0 Å². The second-order valence-corrected chi connectivity index (χ2v) is 7.67. The number of rotatable bonds is 6. The van der Waals surface area contributed by atoms with Crippen molar-refractivity contribution in [1.29, 1.82) is 0 Å². The van der Waals surface area contributed by atoms with Crippen molar-refractivity contribution < 1.29 is 9.59 Å². The van der Waals surface area contributed by atoms with Crippen molar-refractivity contribution in [2.75, 3.05) is 0 Å². The SMILES string of the molecule is Cc1ccc(C)c(C(C)NC(=O)C(NC(=O)c2ccccc2Cl)C(C)C)c1. The molecule has 0 aliphatic heterocycles. The molecular formula is C22H27ClN2O2. The third kappa shape index (κ3) is 5.33. The lowest BCUT2D eigenvalue weighted by Gasteiger charge is -2.25. The van der Waals surface area contributed by atoms with Crippen LogP contribution in [0.5, 0.6) is 0 Å². The first-order valence-corrected chi connectivity index (χ1v) is 9.51. The van der Waals surface area contributed by atoms with Gasteiger partial charge in [0.2, 0.25) is 5.91 Å². The van der Waals surface area contributed by atoms with E-state index in [1.54, 1.807) is 24.3 Å². The van der Waals surface area contributed by atoms with Gasteiger partial charge in [-0.05, 0) is 49.9 Å². The van der Waals surface area contributed by atoms with Crippen LogP contribution in [0.3, 0.4) is 0 Å². The van der Waals surface area contributed by atoms with Crippen LogP contribution >= 0.6 is 11.6 Å². The Morgan fingerprint density at radius 2 is 1.63 bits per heavy atom. The fourth-order valence-corrected chi connectivity index (χ4v) is 3.23. The summed E-state index contributed by atoms with van der Waals surface area (Å²) in [5.41, 5.74) is 3.70. The molecule has 2 aromatic carbocycles. The van der Waals surface area contributed by atoms with Crippen LogP contribution in [0.2, 0.25) is 5.02 Å². The van der Waals surface area contributed by atoms with Crippen LogP contribution in [-0.4, -0.2) is 17.9 Å². The summed E-state index contributed by atoms with van der Waals surface area (Å²) in [6, 6.07) is 12.2. The molecule has 0 saturated carbocycles. The van der Waals surface area contributed by atoms with Gasteiger partial charge >= 0.3 is 0 Å². The van der Waals surface area contributed by atoms with Gasteiger partial charge in [-0.25, -0.2) is 0 Å². The van der Waals surface area contributed by atoms with E-state index in [0.717, 1.165) is 16.7 Å². The van der Waals surface area contributed by atoms with Gasteiger partial charge in [0, 0.05) is 0 Å². The molecule has 5 heteroatoms. The van der Waals surface area contributed by atoms with E-state index in [1.807, 2.05) is 46.8 Å². The minimum absolute atomic E-state index is 0.0674. The Hall–Kier alpha value is -2.33. The molecule has 2 N–H and O–H groups in total. The Labute approximate surface area is 166 Å². The summed E-state index contributed by atoms with van der Waals surface area (Å²) < 4.78 is 0. The third-order valence-electron chi connectivity index (χ3n) is 4.61. The lowest BCUT2D eigenvalue weighted by atomic mass is 9.98. The van der Waals surface area contributed by atoms with E-state index in [2.05, 4.69) is 16.7 Å². The van der Waals surface area contributed by atoms with Crippen LogP contribution in [0.15, 0.2) is 42.5 Å². The van der Waals surface area contributed by atoms with Gasteiger partial charge in [-0.15, -0.1) is 0 Å². The number of carbonyl (C=O) groups is 2. The largest absolute Gasteiger partial charge is 0.348 e. The Balaban J connectivity index is 2.14. The van der Waals surface area contributed by atoms with Crippen molar-refractivity contribution in [3.63, 3.8) is 0 Å². The number of aryl methyl sites for hydroxylation is 2. The zero-order valence-corrected chi connectivity index (χ0v) is 17.2. The third-order valence-corrected chi connectivity index (χ3v) is 4.94. The molecule has 0 aromatic heterocycles. The number of hydrogen-bond donors (Lipinski definition) is 2. The van der Waals surface area contributed by atoms with Crippen LogP contribution in [-0.2, 0) is 4.79 Å². The Kier molecular flexibility index (Phi) is 7.03. The maximum atomic E-state index is 12.9. The van der Waals surface area contributed by atoms with Gasteiger partial charge in [0.05, 0.1) is 16.6 Å². The minimum Gasteiger partial charge on any atom is -0.348 e. The monoisotopic (exact) mass is 386 g/mol. The molecule has 0 bridgehead atoms. The molecule has 2 amide bonds. The lowest BCUT2D eigenvalue weighted by molar-refractivity contribution is -0.124. The molecule has 2 atom stereocenters. The topological polar surface area (TPSA) is 58.2 Å². The number of amides is 2. The molecule has 0 aliphatic carbocycles. The predicted octanol–water partition coefficient (Wildman–Crippen LogP) is 4.59. The van der Waals surface area contributed by atoms with Gasteiger partial charge < -0.3 is 10.6 Å². The van der Waals surface area contributed by atoms with Crippen molar-refractivity contribution in [2.24, 2.45) is 5.92 Å². The molecule has 0 aliphatic rings. The average Bonchev–Trinajstić information content (AvgIpc) is 2.61. The van der Waals surface area contributed by atoms with Gasteiger partial charge in [-0.1, -0.05) is 61.3 Å². The molecule has 2 aromatic rings. The van der Waals surface area contributed by atoms with Gasteiger partial charge in [0.15, 0.2) is 0 Å². The predicted molar refractivity (Wildman–Crippen MR) is 110 cm³/mol. The Morgan fingerprint density at radius 3 is 2.26 bits per heavy atom. The van der Waals surface area contributed by atoms with Gasteiger partial charge in [0.1, 0.15) is 6.04 Å². The highest BCUT2D eigenvalue weighted by atomic mass is 35.5. The fourth-order valence-electron chi connectivity index (χ4n) is 3.01. The quantitative estimate of drug-likeness (QED) is 0.762. The summed E-state index contributed by atoms with van der Waals surface area (Å²) in [6.07, 6.45) is 0. The normalized spacial score (nSPS) is 13.1. The lowest BCUT2D eigenvalue weighted by Crippen LogP contribution is -2.50.